The second-order valence-corrected chi connectivity index (χ2v) is 4.15. The molecule has 0 radical (unpaired) electrons. The molecule has 0 aliphatic heterocycles. The van der Waals surface area contributed by atoms with Crippen molar-refractivity contribution in [2.24, 2.45) is 23.7 Å². The zero-order valence-corrected chi connectivity index (χ0v) is 7.76. The van der Waals surface area contributed by atoms with Gasteiger partial charge in [0.15, 0.2) is 34.7 Å². The molecule has 4 fully saturated rings. The third kappa shape index (κ3) is 0.689. The first-order chi connectivity index (χ1) is 7.46. The van der Waals surface area contributed by atoms with Crippen LogP contribution in [0.5, 0.6) is 0 Å². The number of carbonyl (C=O) groups is 6. The van der Waals surface area contributed by atoms with Crippen molar-refractivity contribution in [2.75, 3.05) is 0 Å². The van der Waals surface area contributed by atoms with Crippen molar-refractivity contribution in [3.05, 3.63) is 0 Å². The molecule has 80 valence electrons. The molecular weight excluding hydrogens is 216 g/mol. The molecule has 0 aromatic rings. The first-order valence-corrected chi connectivity index (χ1v) is 4.69. The van der Waals surface area contributed by atoms with Crippen LogP contribution in [0.1, 0.15) is 0 Å². The lowest BCUT2D eigenvalue weighted by Gasteiger charge is -2.41. The third-order valence-corrected chi connectivity index (χ3v) is 3.41. The van der Waals surface area contributed by atoms with Gasteiger partial charge < -0.3 is 0 Å². The first kappa shape index (κ1) is 9.26. The number of Topliss-reactive ketones (excluding diaryl/α,β-unsaturated/α-hetero) is 6. The zero-order chi connectivity index (χ0) is 11.8. The lowest BCUT2D eigenvalue weighted by atomic mass is 9.52. The number of rotatable bonds is 0. The van der Waals surface area contributed by atoms with Crippen molar-refractivity contribution in [3.63, 3.8) is 0 Å². The quantitative estimate of drug-likeness (QED) is 0.433. The standard InChI is InChI=1S/C10H4O6/c11-5-1-6(12)3-8(14)2(5)9(15)4(7(1)13)10(3)16/h1-4H. The predicted octanol–water partition coefficient (Wildman–Crippen LogP) is -2.09. The van der Waals surface area contributed by atoms with Crippen LogP contribution in [0.25, 0.3) is 0 Å². The summed E-state index contributed by atoms with van der Waals surface area (Å²) in [5, 5.41) is 0. The number of hydrogen-bond donors (Lipinski definition) is 0. The van der Waals surface area contributed by atoms with E-state index in [0.717, 1.165) is 0 Å². The lowest BCUT2D eigenvalue weighted by molar-refractivity contribution is -0.169. The van der Waals surface area contributed by atoms with Crippen LogP contribution in [0.3, 0.4) is 0 Å². The molecule has 6 nitrogen and oxygen atoms in total. The van der Waals surface area contributed by atoms with Gasteiger partial charge in [-0.05, 0) is 0 Å². The van der Waals surface area contributed by atoms with Crippen molar-refractivity contribution < 1.29 is 28.8 Å². The Kier molecular flexibility index (Phi) is 1.39. The van der Waals surface area contributed by atoms with E-state index in [2.05, 4.69) is 0 Å². The van der Waals surface area contributed by atoms with E-state index in [0.29, 0.717) is 0 Å². The molecule has 4 aliphatic carbocycles. The van der Waals surface area contributed by atoms with Crippen LogP contribution < -0.4 is 0 Å². The first-order valence-electron chi connectivity index (χ1n) is 4.69. The summed E-state index contributed by atoms with van der Waals surface area (Å²) in [5.74, 6) is -11.8. The second kappa shape index (κ2) is 2.40. The minimum absolute atomic E-state index is 0.940. The van der Waals surface area contributed by atoms with Gasteiger partial charge in [-0.15, -0.1) is 0 Å². The second-order valence-electron chi connectivity index (χ2n) is 4.15. The fraction of sp³-hybridized carbons (Fsp3) is 0.400. The summed E-state index contributed by atoms with van der Waals surface area (Å²) in [6, 6.07) is 0. The highest BCUT2D eigenvalue weighted by molar-refractivity contribution is 6.55. The molecule has 4 rings (SSSR count). The van der Waals surface area contributed by atoms with E-state index in [-0.39, 0.29) is 0 Å². The van der Waals surface area contributed by atoms with Crippen molar-refractivity contribution in [3.8, 4) is 0 Å². The minimum Gasteiger partial charge on any atom is -0.297 e. The number of hydrogen-bond acceptors (Lipinski definition) is 6. The maximum Gasteiger partial charge on any atom is 0.168 e. The van der Waals surface area contributed by atoms with Crippen LogP contribution in [0.15, 0.2) is 0 Å². The monoisotopic (exact) mass is 220 g/mol. The van der Waals surface area contributed by atoms with Crippen molar-refractivity contribution in [2.45, 2.75) is 0 Å². The highest BCUT2D eigenvalue weighted by atomic mass is 16.2. The molecule has 0 amide bonds. The predicted molar refractivity (Wildman–Crippen MR) is 44.0 cm³/mol. The van der Waals surface area contributed by atoms with E-state index in [1.54, 1.807) is 0 Å². The van der Waals surface area contributed by atoms with Gasteiger partial charge in [0.2, 0.25) is 0 Å². The molecule has 0 aromatic heterocycles. The maximum absolute atomic E-state index is 11.5. The van der Waals surface area contributed by atoms with Gasteiger partial charge in [-0.1, -0.05) is 0 Å². The zero-order valence-electron chi connectivity index (χ0n) is 7.76. The summed E-state index contributed by atoms with van der Waals surface area (Å²) >= 11 is 0. The van der Waals surface area contributed by atoms with Crippen molar-refractivity contribution in [1.29, 1.82) is 0 Å². The molecule has 16 heavy (non-hydrogen) atoms. The molecule has 4 aliphatic rings. The average Bonchev–Trinajstić information content (AvgIpc) is 2.14. The fourth-order valence-corrected chi connectivity index (χ4v) is 2.68. The molecular formula is C10H4O6. The molecule has 0 saturated heterocycles. The Morgan fingerprint density at radius 3 is 0.625 bits per heavy atom. The van der Waals surface area contributed by atoms with E-state index in [4.69, 9.17) is 0 Å². The highest BCUT2D eigenvalue weighted by Gasteiger charge is 2.70. The lowest BCUT2D eigenvalue weighted by Crippen LogP contribution is -2.70. The Hall–Kier alpha value is -1.98. The maximum atomic E-state index is 11.5. The Morgan fingerprint density at radius 1 is 0.375 bits per heavy atom. The van der Waals surface area contributed by atoms with Gasteiger partial charge in [-0.25, -0.2) is 0 Å². The van der Waals surface area contributed by atoms with Gasteiger partial charge >= 0.3 is 0 Å². The third-order valence-electron chi connectivity index (χ3n) is 3.41. The van der Waals surface area contributed by atoms with Crippen molar-refractivity contribution in [1.82, 2.24) is 0 Å². The van der Waals surface area contributed by atoms with Crippen LogP contribution in [0.4, 0.5) is 0 Å². The van der Waals surface area contributed by atoms with Crippen molar-refractivity contribution >= 4 is 34.7 Å². The Labute approximate surface area is 88.0 Å². The smallest absolute Gasteiger partial charge is 0.168 e. The summed E-state index contributed by atoms with van der Waals surface area (Å²) in [7, 11) is 0. The SMILES string of the molecule is O=C1C2C(=O)C3C(=O)C1C(=O)C(C2=O)C3=O. The molecule has 0 heterocycles. The summed E-state index contributed by atoms with van der Waals surface area (Å²) in [4.78, 5) is 69.2. The van der Waals surface area contributed by atoms with E-state index in [1.807, 2.05) is 0 Å². The van der Waals surface area contributed by atoms with Gasteiger partial charge in [0.25, 0.3) is 0 Å². The molecule has 6 heteroatoms. The Morgan fingerprint density at radius 2 is 0.500 bits per heavy atom. The molecule has 0 aromatic carbocycles. The summed E-state index contributed by atoms with van der Waals surface area (Å²) in [6.45, 7) is 0. The van der Waals surface area contributed by atoms with E-state index < -0.39 is 58.4 Å². The van der Waals surface area contributed by atoms with Crippen LogP contribution >= 0.6 is 0 Å². The summed E-state index contributed by atoms with van der Waals surface area (Å²) in [5.41, 5.74) is 0. The van der Waals surface area contributed by atoms with Gasteiger partial charge in [0, 0.05) is 0 Å². The largest absolute Gasteiger partial charge is 0.297 e. The summed E-state index contributed by atoms with van der Waals surface area (Å²) in [6.07, 6.45) is 0. The van der Waals surface area contributed by atoms with E-state index in [9.17, 15) is 28.8 Å². The van der Waals surface area contributed by atoms with Gasteiger partial charge in [-0.2, -0.15) is 0 Å². The van der Waals surface area contributed by atoms with Crippen LogP contribution in [-0.2, 0) is 28.8 Å². The fourth-order valence-electron chi connectivity index (χ4n) is 2.68. The summed E-state index contributed by atoms with van der Waals surface area (Å²) < 4.78 is 0. The molecule has 0 unspecified atom stereocenters. The highest BCUT2D eigenvalue weighted by Crippen LogP contribution is 2.42. The van der Waals surface area contributed by atoms with Crippen LogP contribution in [0.2, 0.25) is 0 Å². The number of ketones is 6. The molecule has 0 atom stereocenters. The number of carbonyl (C=O) groups excluding carboxylic acids is 6. The minimum atomic E-state index is -1.55. The molecule has 0 N–H and O–H groups in total. The van der Waals surface area contributed by atoms with E-state index in [1.165, 1.54) is 0 Å². The molecule has 0 spiro atoms. The van der Waals surface area contributed by atoms with Gasteiger partial charge in [0.1, 0.15) is 23.7 Å². The normalized spacial score (nSPS) is 41.2. The Bertz CT molecular complexity index is 367. The molecule has 4 saturated carbocycles. The Balaban J connectivity index is 2.29. The van der Waals surface area contributed by atoms with Gasteiger partial charge in [0.05, 0.1) is 0 Å². The van der Waals surface area contributed by atoms with Crippen LogP contribution in [0, 0.1) is 23.7 Å². The molecule has 4 bridgehead atoms. The van der Waals surface area contributed by atoms with E-state index >= 15 is 0 Å². The van der Waals surface area contributed by atoms with Crippen LogP contribution in [-0.4, -0.2) is 34.7 Å². The average molecular weight is 220 g/mol. The van der Waals surface area contributed by atoms with Gasteiger partial charge in [-0.3, -0.25) is 28.8 Å². The topological polar surface area (TPSA) is 102 Å².